The molecule has 0 spiro atoms. The number of aliphatic hydroxyl groups is 1. The number of fused-ring (bicyclic) bond motifs is 1. The molecule has 1 amide bonds. The highest BCUT2D eigenvalue weighted by Gasteiger charge is 2.40. The third kappa shape index (κ3) is 1.72. The smallest absolute Gasteiger partial charge is 0.256 e. The Morgan fingerprint density at radius 1 is 1.22 bits per heavy atom. The maximum atomic E-state index is 12.3. The van der Waals surface area contributed by atoms with E-state index < -0.39 is 6.23 Å². The van der Waals surface area contributed by atoms with Crippen LogP contribution in [-0.2, 0) is 0 Å². The number of nitrogens with zero attached hydrogens (tertiary/aromatic N) is 2. The van der Waals surface area contributed by atoms with E-state index in [1.807, 2.05) is 18.2 Å². The van der Waals surface area contributed by atoms with Crippen molar-refractivity contribution in [1.82, 2.24) is 9.80 Å². The molecule has 0 radical (unpaired) electrons. The number of aliphatic hydroxyl groups excluding tert-OH is 1. The number of hydrogen-bond donors (Lipinski definition) is 1. The van der Waals surface area contributed by atoms with Gasteiger partial charge in [-0.1, -0.05) is 18.2 Å². The van der Waals surface area contributed by atoms with Crippen LogP contribution in [0.25, 0.3) is 0 Å². The van der Waals surface area contributed by atoms with E-state index in [0.29, 0.717) is 5.56 Å². The highest BCUT2D eigenvalue weighted by Crippen LogP contribution is 2.35. The van der Waals surface area contributed by atoms with Crippen LogP contribution in [0.1, 0.15) is 35.0 Å². The first-order valence-corrected chi connectivity index (χ1v) is 6.46. The summed E-state index contributed by atoms with van der Waals surface area (Å²) in [4.78, 5) is 16.3. The van der Waals surface area contributed by atoms with E-state index in [2.05, 4.69) is 11.9 Å². The molecule has 0 aromatic heterocycles. The molecule has 1 unspecified atom stereocenters. The summed E-state index contributed by atoms with van der Waals surface area (Å²) in [5.74, 6) is -0.0207. The number of rotatable bonds is 1. The van der Waals surface area contributed by atoms with Gasteiger partial charge in [0.2, 0.25) is 0 Å². The zero-order valence-corrected chi connectivity index (χ0v) is 10.5. The van der Waals surface area contributed by atoms with Gasteiger partial charge >= 0.3 is 0 Å². The lowest BCUT2D eigenvalue weighted by molar-refractivity contribution is -0.0155. The average molecular weight is 246 g/mol. The number of benzene rings is 1. The van der Waals surface area contributed by atoms with Crippen molar-refractivity contribution in [2.24, 2.45) is 0 Å². The third-order valence-corrected chi connectivity index (χ3v) is 4.05. The van der Waals surface area contributed by atoms with Crippen molar-refractivity contribution in [2.45, 2.75) is 25.1 Å². The SMILES string of the molecule is CN1CCC(N2C(=O)c3ccccc3C2O)CC1. The van der Waals surface area contributed by atoms with Gasteiger partial charge < -0.3 is 14.9 Å². The van der Waals surface area contributed by atoms with Crippen molar-refractivity contribution >= 4 is 5.91 Å². The molecule has 1 atom stereocenters. The Balaban J connectivity index is 1.85. The number of carbonyl (C=O) groups is 1. The zero-order valence-electron chi connectivity index (χ0n) is 10.5. The van der Waals surface area contributed by atoms with Crippen LogP contribution in [0.5, 0.6) is 0 Å². The summed E-state index contributed by atoms with van der Waals surface area (Å²) in [6, 6.07) is 7.52. The van der Waals surface area contributed by atoms with Gasteiger partial charge in [-0.15, -0.1) is 0 Å². The molecule has 1 aromatic carbocycles. The molecule has 1 saturated heterocycles. The molecule has 0 bridgehead atoms. The minimum Gasteiger partial charge on any atom is -0.369 e. The van der Waals surface area contributed by atoms with Crippen LogP contribution < -0.4 is 0 Å². The van der Waals surface area contributed by atoms with Gasteiger partial charge in [0, 0.05) is 17.2 Å². The average Bonchev–Trinajstić information content (AvgIpc) is 2.64. The first-order valence-electron chi connectivity index (χ1n) is 6.46. The molecule has 2 aliphatic heterocycles. The Kier molecular flexibility index (Phi) is 2.84. The number of likely N-dealkylation sites (tertiary alicyclic amines) is 1. The number of piperidine rings is 1. The van der Waals surface area contributed by atoms with E-state index in [4.69, 9.17) is 0 Å². The van der Waals surface area contributed by atoms with Crippen LogP contribution in [0, 0.1) is 0 Å². The lowest BCUT2D eigenvalue weighted by Crippen LogP contribution is -2.45. The van der Waals surface area contributed by atoms with Crippen molar-refractivity contribution in [2.75, 3.05) is 20.1 Å². The van der Waals surface area contributed by atoms with Gasteiger partial charge in [0.15, 0.2) is 6.23 Å². The van der Waals surface area contributed by atoms with Crippen molar-refractivity contribution in [3.05, 3.63) is 35.4 Å². The summed E-state index contributed by atoms with van der Waals surface area (Å²) in [5.41, 5.74) is 1.41. The van der Waals surface area contributed by atoms with Crippen LogP contribution in [0.15, 0.2) is 24.3 Å². The second-order valence-corrected chi connectivity index (χ2v) is 5.21. The van der Waals surface area contributed by atoms with E-state index in [0.717, 1.165) is 31.5 Å². The lowest BCUT2D eigenvalue weighted by Gasteiger charge is -2.36. The van der Waals surface area contributed by atoms with Gasteiger partial charge in [0.05, 0.1) is 0 Å². The molecule has 96 valence electrons. The highest BCUT2D eigenvalue weighted by molar-refractivity contribution is 5.99. The normalized spacial score (nSPS) is 25.6. The van der Waals surface area contributed by atoms with Gasteiger partial charge in [-0.05, 0) is 39.0 Å². The predicted molar refractivity (Wildman–Crippen MR) is 68.1 cm³/mol. The minimum absolute atomic E-state index is 0.0207. The molecular weight excluding hydrogens is 228 g/mol. The maximum absolute atomic E-state index is 12.3. The Morgan fingerprint density at radius 2 is 1.89 bits per heavy atom. The van der Waals surface area contributed by atoms with Crippen LogP contribution in [0.2, 0.25) is 0 Å². The Morgan fingerprint density at radius 3 is 2.56 bits per heavy atom. The summed E-state index contributed by atoms with van der Waals surface area (Å²) in [6.07, 6.45) is 1.11. The second kappa shape index (κ2) is 4.37. The van der Waals surface area contributed by atoms with Gasteiger partial charge in [-0.3, -0.25) is 4.79 Å². The molecule has 3 rings (SSSR count). The highest BCUT2D eigenvalue weighted by atomic mass is 16.3. The number of amides is 1. The second-order valence-electron chi connectivity index (χ2n) is 5.21. The Bertz CT molecular complexity index is 467. The van der Waals surface area contributed by atoms with Gasteiger partial charge in [-0.2, -0.15) is 0 Å². The van der Waals surface area contributed by atoms with E-state index >= 15 is 0 Å². The molecule has 2 heterocycles. The molecule has 1 N–H and O–H groups in total. The van der Waals surface area contributed by atoms with E-state index in [1.54, 1.807) is 11.0 Å². The Hall–Kier alpha value is -1.39. The first-order chi connectivity index (χ1) is 8.68. The molecule has 4 nitrogen and oxygen atoms in total. The molecule has 0 saturated carbocycles. The molecular formula is C14H18N2O2. The summed E-state index contributed by atoms with van der Waals surface area (Å²) < 4.78 is 0. The molecule has 18 heavy (non-hydrogen) atoms. The van der Waals surface area contributed by atoms with Crippen LogP contribution >= 0.6 is 0 Å². The zero-order chi connectivity index (χ0) is 12.7. The Labute approximate surface area is 107 Å². The predicted octanol–water partition coefficient (Wildman–Crippen LogP) is 1.23. The van der Waals surface area contributed by atoms with Crippen molar-refractivity contribution in [3.63, 3.8) is 0 Å². The van der Waals surface area contributed by atoms with Crippen LogP contribution in [-0.4, -0.2) is 47.0 Å². The maximum Gasteiger partial charge on any atom is 0.256 e. The van der Waals surface area contributed by atoms with Crippen LogP contribution in [0.3, 0.4) is 0 Å². The monoisotopic (exact) mass is 246 g/mol. The molecule has 1 fully saturated rings. The first kappa shape index (κ1) is 11.7. The van der Waals surface area contributed by atoms with Crippen LogP contribution in [0.4, 0.5) is 0 Å². The minimum atomic E-state index is -0.762. The van der Waals surface area contributed by atoms with Crippen molar-refractivity contribution < 1.29 is 9.90 Å². The fourth-order valence-electron chi connectivity index (χ4n) is 2.96. The molecule has 2 aliphatic rings. The molecule has 1 aromatic rings. The molecule has 4 heteroatoms. The van der Waals surface area contributed by atoms with Crippen molar-refractivity contribution in [3.8, 4) is 0 Å². The summed E-state index contributed by atoms with van der Waals surface area (Å²) >= 11 is 0. The van der Waals surface area contributed by atoms with Gasteiger partial charge in [-0.25, -0.2) is 0 Å². The number of carbonyl (C=O) groups excluding carboxylic acids is 1. The van der Waals surface area contributed by atoms with E-state index in [9.17, 15) is 9.90 Å². The van der Waals surface area contributed by atoms with E-state index in [-0.39, 0.29) is 11.9 Å². The van der Waals surface area contributed by atoms with Gasteiger partial charge in [0.25, 0.3) is 5.91 Å². The summed E-state index contributed by atoms with van der Waals surface area (Å²) in [5, 5.41) is 10.3. The topological polar surface area (TPSA) is 43.8 Å². The fourth-order valence-corrected chi connectivity index (χ4v) is 2.96. The third-order valence-electron chi connectivity index (χ3n) is 4.05. The standard InChI is InChI=1S/C14H18N2O2/c1-15-8-6-10(7-9-15)16-13(17)11-4-2-3-5-12(11)14(16)18/h2-5,10,13,17H,6-9H2,1H3. The lowest BCUT2D eigenvalue weighted by atomic mass is 10.0. The van der Waals surface area contributed by atoms with Gasteiger partial charge in [0.1, 0.15) is 0 Å². The molecule has 0 aliphatic carbocycles. The summed E-state index contributed by atoms with van der Waals surface area (Å²) in [6.45, 7) is 1.97. The summed E-state index contributed by atoms with van der Waals surface area (Å²) in [7, 11) is 2.09. The van der Waals surface area contributed by atoms with Crippen molar-refractivity contribution in [1.29, 1.82) is 0 Å². The fraction of sp³-hybridized carbons (Fsp3) is 0.500. The quantitative estimate of drug-likeness (QED) is 0.810. The number of hydrogen-bond acceptors (Lipinski definition) is 3. The largest absolute Gasteiger partial charge is 0.369 e. The van der Waals surface area contributed by atoms with E-state index in [1.165, 1.54) is 0 Å².